The lowest BCUT2D eigenvalue weighted by Crippen LogP contribution is -2.22. The number of fused-ring (bicyclic) bond motifs is 1. The van der Waals surface area contributed by atoms with E-state index in [-0.39, 0.29) is 17.1 Å². The van der Waals surface area contributed by atoms with Gasteiger partial charge in [-0.15, -0.1) is 0 Å². The molecule has 150 valence electrons. The molecule has 4 rings (SSSR count). The summed E-state index contributed by atoms with van der Waals surface area (Å²) in [6.07, 6.45) is 0. The van der Waals surface area contributed by atoms with Crippen molar-refractivity contribution < 1.29 is 9.53 Å². The fourth-order valence-corrected chi connectivity index (χ4v) is 4.15. The lowest BCUT2D eigenvalue weighted by Gasteiger charge is -2.13. The van der Waals surface area contributed by atoms with Crippen LogP contribution in [0.1, 0.15) is 10.4 Å². The molecule has 0 spiro atoms. The maximum atomic E-state index is 13.2. The van der Waals surface area contributed by atoms with E-state index in [1.54, 1.807) is 73.8 Å². The monoisotopic (exact) mass is 436 g/mol. The number of ether oxygens (including phenoxy) is 1. The second kappa shape index (κ2) is 8.73. The van der Waals surface area contributed by atoms with Crippen molar-refractivity contribution in [2.45, 2.75) is 5.16 Å². The average molecular weight is 437 g/mol. The smallest absolute Gasteiger partial charge is 0.266 e. The van der Waals surface area contributed by atoms with Gasteiger partial charge in [-0.3, -0.25) is 14.2 Å². The number of methoxy groups -OCH3 is 1. The predicted octanol–water partition coefficient (Wildman–Crippen LogP) is 5.02. The van der Waals surface area contributed by atoms with E-state index in [1.165, 1.54) is 16.3 Å². The molecule has 0 bridgehead atoms. The molecule has 0 aliphatic heterocycles. The lowest BCUT2D eigenvalue weighted by atomic mass is 10.1. The number of benzene rings is 3. The highest BCUT2D eigenvalue weighted by Gasteiger charge is 2.16. The minimum Gasteiger partial charge on any atom is -0.497 e. The Morgan fingerprint density at radius 1 is 1.07 bits per heavy atom. The fraction of sp³-hybridized carbons (Fsp3) is 0.0870. The molecule has 0 atom stereocenters. The molecule has 0 aliphatic rings. The Morgan fingerprint density at radius 2 is 1.87 bits per heavy atom. The molecule has 0 unspecified atom stereocenters. The fourth-order valence-electron chi connectivity index (χ4n) is 3.06. The Kier molecular flexibility index (Phi) is 5.88. The summed E-state index contributed by atoms with van der Waals surface area (Å²) in [4.78, 5) is 30.6. The number of hydrogen-bond donors (Lipinski definition) is 0. The first kappa shape index (κ1) is 20.2. The van der Waals surface area contributed by atoms with Crippen molar-refractivity contribution in [1.29, 1.82) is 0 Å². The van der Waals surface area contributed by atoms with Crippen LogP contribution in [0.4, 0.5) is 0 Å². The van der Waals surface area contributed by atoms with Gasteiger partial charge < -0.3 is 4.74 Å². The summed E-state index contributed by atoms with van der Waals surface area (Å²) in [6, 6.07) is 21.1. The minimum absolute atomic E-state index is 0.0843. The zero-order valence-corrected chi connectivity index (χ0v) is 17.6. The highest BCUT2D eigenvalue weighted by molar-refractivity contribution is 7.99. The Bertz CT molecular complexity index is 1300. The number of rotatable bonds is 6. The van der Waals surface area contributed by atoms with Crippen molar-refractivity contribution in [3.8, 4) is 11.4 Å². The second-order valence-corrected chi connectivity index (χ2v) is 7.85. The molecule has 0 amide bonds. The van der Waals surface area contributed by atoms with Gasteiger partial charge in [0.1, 0.15) is 5.75 Å². The lowest BCUT2D eigenvalue weighted by molar-refractivity contribution is 0.102. The zero-order chi connectivity index (χ0) is 21.1. The number of Topliss-reactive ketones (excluding diaryl/α,β-unsaturated/α-hetero) is 1. The molecule has 1 aromatic heterocycles. The van der Waals surface area contributed by atoms with Crippen LogP contribution in [0, 0.1) is 0 Å². The highest BCUT2D eigenvalue weighted by atomic mass is 35.5. The van der Waals surface area contributed by atoms with Crippen LogP contribution in [-0.2, 0) is 0 Å². The zero-order valence-electron chi connectivity index (χ0n) is 16.0. The first-order chi connectivity index (χ1) is 14.6. The Morgan fingerprint density at radius 3 is 2.67 bits per heavy atom. The third-order valence-corrected chi connectivity index (χ3v) is 5.71. The van der Waals surface area contributed by atoms with Crippen molar-refractivity contribution in [3.63, 3.8) is 0 Å². The summed E-state index contributed by atoms with van der Waals surface area (Å²) in [5.74, 6) is 0.655. The summed E-state index contributed by atoms with van der Waals surface area (Å²) in [7, 11) is 1.56. The van der Waals surface area contributed by atoms with Gasteiger partial charge in [0.05, 0.1) is 29.5 Å². The topological polar surface area (TPSA) is 61.2 Å². The molecule has 0 N–H and O–H groups in total. The number of nitrogens with zero attached hydrogens (tertiary/aromatic N) is 2. The van der Waals surface area contributed by atoms with Gasteiger partial charge in [0.2, 0.25) is 0 Å². The predicted molar refractivity (Wildman–Crippen MR) is 120 cm³/mol. The van der Waals surface area contributed by atoms with Crippen LogP contribution in [0.25, 0.3) is 16.6 Å². The van der Waals surface area contributed by atoms with E-state index in [0.717, 1.165) is 0 Å². The molecule has 0 saturated heterocycles. The molecule has 0 fully saturated rings. The van der Waals surface area contributed by atoms with E-state index < -0.39 is 0 Å². The summed E-state index contributed by atoms with van der Waals surface area (Å²) < 4.78 is 6.69. The number of aromatic nitrogens is 2. The summed E-state index contributed by atoms with van der Waals surface area (Å²) >= 11 is 7.36. The maximum absolute atomic E-state index is 13.2. The van der Waals surface area contributed by atoms with Crippen molar-refractivity contribution in [3.05, 3.63) is 93.7 Å². The molecule has 4 aromatic rings. The number of carbonyl (C=O) groups excluding carboxylic acids is 1. The van der Waals surface area contributed by atoms with Gasteiger partial charge in [-0.25, -0.2) is 4.98 Å². The number of hydrogen-bond acceptors (Lipinski definition) is 5. The summed E-state index contributed by atoms with van der Waals surface area (Å²) in [6.45, 7) is 0. The number of halogens is 1. The number of para-hydroxylation sites is 1. The molecular weight excluding hydrogens is 420 g/mol. The summed E-state index contributed by atoms with van der Waals surface area (Å²) in [5, 5.41) is 1.44. The molecular formula is C23H17ClN2O3S. The van der Waals surface area contributed by atoms with Crippen molar-refractivity contribution in [2.75, 3.05) is 12.9 Å². The van der Waals surface area contributed by atoms with Gasteiger partial charge in [0.25, 0.3) is 5.56 Å². The van der Waals surface area contributed by atoms with Gasteiger partial charge >= 0.3 is 0 Å². The van der Waals surface area contributed by atoms with Crippen LogP contribution >= 0.6 is 23.4 Å². The van der Waals surface area contributed by atoms with E-state index >= 15 is 0 Å². The van der Waals surface area contributed by atoms with Gasteiger partial charge in [0, 0.05) is 10.6 Å². The largest absolute Gasteiger partial charge is 0.497 e. The van der Waals surface area contributed by atoms with Gasteiger partial charge in [0.15, 0.2) is 10.9 Å². The van der Waals surface area contributed by atoms with Crippen LogP contribution < -0.4 is 10.3 Å². The van der Waals surface area contributed by atoms with Gasteiger partial charge in [-0.1, -0.05) is 53.7 Å². The van der Waals surface area contributed by atoms with E-state index in [0.29, 0.717) is 38.1 Å². The van der Waals surface area contributed by atoms with Crippen LogP contribution in [-0.4, -0.2) is 28.2 Å². The average Bonchev–Trinajstić information content (AvgIpc) is 2.77. The van der Waals surface area contributed by atoms with E-state index in [4.69, 9.17) is 16.3 Å². The first-order valence-corrected chi connectivity index (χ1v) is 10.5. The highest BCUT2D eigenvalue weighted by Crippen LogP contribution is 2.24. The SMILES string of the molecule is COc1cccc(C(=O)CSc2nc3ccccc3c(=O)n2-c2cccc(Cl)c2)c1. The molecule has 0 radical (unpaired) electrons. The molecule has 30 heavy (non-hydrogen) atoms. The molecule has 3 aromatic carbocycles. The number of ketones is 1. The Hall–Kier alpha value is -3.09. The van der Waals surface area contributed by atoms with Crippen molar-refractivity contribution in [1.82, 2.24) is 9.55 Å². The molecule has 1 heterocycles. The van der Waals surface area contributed by atoms with Crippen molar-refractivity contribution in [2.24, 2.45) is 0 Å². The molecule has 0 saturated carbocycles. The Balaban J connectivity index is 1.75. The normalized spacial score (nSPS) is 10.9. The summed E-state index contributed by atoms with van der Waals surface area (Å²) in [5.41, 5.74) is 1.51. The van der Waals surface area contributed by atoms with Crippen LogP contribution in [0.3, 0.4) is 0 Å². The number of thioether (sulfide) groups is 1. The second-order valence-electron chi connectivity index (χ2n) is 6.48. The quantitative estimate of drug-likeness (QED) is 0.241. The minimum atomic E-state index is -0.209. The van der Waals surface area contributed by atoms with Crippen molar-refractivity contribution >= 4 is 40.0 Å². The molecule has 7 heteroatoms. The molecule has 5 nitrogen and oxygen atoms in total. The third-order valence-electron chi connectivity index (χ3n) is 4.54. The van der Waals surface area contributed by atoms with E-state index in [9.17, 15) is 9.59 Å². The number of carbonyl (C=O) groups is 1. The third kappa shape index (κ3) is 4.10. The van der Waals surface area contributed by atoms with Gasteiger partial charge in [-0.2, -0.15) is 0 Å². The van der Waals surface area contributed by atoms with Crippen LogP contribution in [0.5, 0.6) is 5.75 Å². The van der Waals surface area contributed by atoms with E-state index in [1.807, 2.05) is 6.07 Å². The van der Waals surface area contributed by atoms with E-state index in [2.05, 4.69) is 4.98 Å². The first-order valence-electron chi connectivity index (χ1n) is 9.14. The standard InChI is InChI=1S/C23H17ClN2O3S/c1-29-18-9-4-6-15(12-18)21(27)14-30-23-25-20-11-3-2-10-19(20)22(28)26(23)17-8-5-7-16(24)13-17/h2-13H,14H2,1H3. The maximum Gasteiger partial charge on any atom is 0.266 e. The molecule has 0 aliphatic carbocycles. The van der Waals surface area contributed by atoms with Gasteiger partial charge in [-0.05, 0) is 42.5 Å². The van der Waals surface area contributed by atoms with Crippen LogP contribution in [0.15, 0.2) is 82.7 Å². The Labute approximate surface area is 182 Å². The van der Waals surface area contributed by atoms with Crippen LogP contribution in [0.2, 0.25) is 5.02 Å².